The largest absolute Gasteiger partial charge is 0.328 e. The number of hydrogen-bond acceptors (Lipinski definition) is 0. The van der Waals surface area contributed by atoms with Crippen LogP contribution in [0.3, 0.4) is 0 Å². The van der Waals surface area contributed by atoms with Gasteiger partial charge < -0.3 is 8.97 Å². The summed E-state index contributed by atoms with van der Waals surface area (Å²) in [5, 5.41) is 0. The van der Waals surface area contributed by atoms with Gasteiger partial charge in [-0.1, -0.05) is 51.4 Å². The Balaban J connectivity index is 3.32. The molecular formula is C26H50N2+2. The molecule has 0 aliphatic carbocycles. The van der Waals surface area contributed by atoms with Crippen LogP contribution in [-0.4, -0.2) is 63.3 Å². The molecule has 0 aliphatic rings. The van der Waals surface area contributed by atoms with Gasteiger partial charge in [0.05, 0.1) is 67.2 Å². The highest BCUT2D eigenvalue weighted by atomic mass is 15.3. The Kier molecular flexibility index (Phi) is 16.4. The van der Waals surface area contributed by atoms with Crippen molar-refractivity contribution in [3.63, 3.8) is 0 Å². The monoisotopic (exact) mass is 390 g/mol. The zero-order valence-electron chi connectivity index (χ0n) is 19.8. The maximum atomic E-state index is 5.37. The fourth-order valence-electron chi connectivity index (χ4n) is 3.81. The number of hydrogen-bond donors (Lipinski definition) is 0. The van der Waals surface area contributed by atoms with Crippen LogP contribution in [0.2, 0.25) is 0 Å². The molecule has 0 spiro atoms. The van der Waals surface area contributed by atoms with Gasteiger partial charge in [-0.25, -0.2) is 0 Å². The van der Waals surface area contributed by atoms with Gasteiger partial charge in [0.15, 0.2) is 0 Å². The van der Waals surface area contributed by atoms with Crippen LogP contribution in [0.15, 0.2) is 0 Å². The number of nitrogens with zero attached hydrogens (tertiary/aromatic N) is 2. The van der Waals surface area contributed by atoms with Gasteiger partial charge in [0, 0.05) is 0 Å². The van der Waals surface area contributed by atoms with E-state index in [1.165, 1.54) is 90.1 Å². The summed E-state index contributed by atoms with van der Waals surface area (Å²) < 4.78 is 2.15. The zero-order valence-corrected chi connectivity index (χ0v) is 19.8. The first kappa shape index (κ1) is 27.0. The molecule has 0 N–H and O–H groups in total. The molecule has 2 nitrogen and oxygen atoms in total. The lowest BCUT2D eigenvalue weighted by atomic mass is 10.0. The summed E-state index contributed by atoms with van der Waals surface area (Å²) in [6.07, 6.45) is 29.4. The molecule has 0 saturated carbocycles. The second kappa shape index (κ2) is 16.9. The second-order valence-corrected chi connectivity index (χ2v) is 9.92. The van der Waals surface area contributed by atoms with Crippen LogP contribution >= 0.6 is 0 Å². The Bertz CT molecular complexity index is 394. The van der Waals surface area contributed by atoms with E-state index < -0.39 is 0 Å². The van der Waals surface area contributed by atoms with E-state index in [9.17, 15) is 0 Å². The van der Waals surface area contributed by atoms with Crippen LogP contribution in [0, 0.1) is 24.7 Å². The predicted octanol–water partition coefficient (Wildman–Crippen LogP) is 5.87. The van der Waals surface area contributed by atoms with Gasteiger partial charge in [-0.15, -0.1) is 24.7 Å². The van der Waals surface area contributed by atoms with Gasteiger partial charge >= 0.3 is 0 Å². The third-order valence-corrected chi connectivity index (χ3v) is 6.00. The van der Waals surface area contributed by atoms with E-state index in [1.54, 1.807) is 0 Å². The molecular weight excluding hydrogens is 340 g/mol. The Morgan fingerprint density at radius 1 is 0.429 bits per heavy atom. The van der Waals surface area contributed by atoms with E-state index in [2.05, 4.69) is 40.0 Å². The Hall–Kier alpha value is -0.960. The van der Waals surface area contributed by atoms with Crippen LogP contribution in [0.25, 0.3) is 0 Å². The standard InChI is InChI=1S/C26H50N2/c1-7-9-23-27(3,4)25-21-19-17-15-13-11-12-14-16-18-20-22-26-28(5,6)24-10-8-2/h1-2H,9-26H2,3-6H3/q+2. The fraction of sp³-hybridized carbons (Fsp3) is 0.846. The van der Waals surface area contributed by atoms with Crippen molar-refractivity contribution in [2.75, 3.05) is 54.4 Å². The summed E-state index contributed by atoms with van der Waals surface area (Å²) in [7, 11) is 9.21. The third-order valence-electron chi connectivity index (χ3n) is 6.00. The fourth-order valence-corrected chi connectivity index (χ4v) is 3.81. The molecule has 0 amide bonds. The van der Waals surface area contributed by atoms with E-state index in [4.69, 9.17) is 12.8 Å². The van der Waals surface area contributed by atoms with Gasteiger partial charge in [0.2, 0.25) is 0 Å². The minimum atomic E-state index is 0.900. The summed E-state index contributed by atoms with van der Waals surface area (Å²) in [6, 6.07) is 0. The van der Waals surface area contributed by atoms with Crippen LogP contribution in [-0.2, 0) is 0 Å². The lowest BCUT2D eigenvalue weighted by Gasteiger charge is -2.29. The number of unbranched alkanes of at least 4 members (excludes halogenated alkanes) is 11. The molecule has 0 aromatic carbocycles. The molecule has 0 atom stereocenters. The summed E-state index contributed by atoms with van der Waals surface area (Å²) in [4.78, 5) is 0. The molecule has 0 radical (unpaired) electrons. The Morgan fingerprint density at radius 3 is 0.929 bits per heavy atom. The van der Waals surface area contributed by atoms with Crippen molar-refractivity contribution in [3.8, 4) is 24.7 Å². The Labute approximate surface area is 178 Å². The average Bonchev–Trinajstić information content (AvgIpc) is 2.65. The maximum Gasteiger partial charge on any atom is 0.0893 e. The molecule has 0 bridgehead atoms. The van der Waals surface area contributed by atoms with Gasteiger partial charge in [0.25, 0.3) is 0 Å². The SMILES string of the molecule is C#CCC[N+](C)(C)CCCCCCCCCCCCCC[N+](C)(C)CCC#C. The summed E-state index contributed by atoms with van der Waals surface area (Å²) >= 11 is 0. The number of terminal acetylenes is 2. The molecule has 0 heterocycles. The van der Waals surface area contributed by atoms with E-state index >= 15 is 0 Å². The summed E-state index contributed by atoms with van der Waals surface area (Å²) in [5.74, 6) is 5.53. The van der Waals surface area contributed by atoms with Crippen molar-refractivity contribution in [1.82, 2.24) is 0 Å². The topological polar surface area (TPSA) is 0 Å². The molecule has 0 saturated heterocycles. The second-order valence-electron chi connectivity index (χ2n) is 9.92. The lowest BCUT2D eigenvalue weighted by Crippen LogP contribution is -2.41. The first-order valence-corrected chi connectivity index (χ1v) is 11.8. The first-order chi connectivity index (χ1) is 13.3. The van der Waals surface area contributed by atoms with Crippen molar-refractivity contribution >= 4 is 0 Å². The molecule has 0 aromatic rings. The van der Waals surface area contributed by atoms with Gasteiger partial charge in [-0.2, -0.15) is 0 Å². The smallest absolute Gasteiger partial charge is 0.0893 e. The average molecular weight is 391 g/mol. The highest BCUT2D eigenvalue weighted by Crippen LogP contribution is 2.13. The normalized spacial score (nSPS) is 11.9. The summed E-state index contributed by atoms with van der Waals surface area (Å²) in [6.45, 7) is 4.75. The third kappa shape index (κ3) is 18.4. The van der Waals surface area contributed by atoms with E-state index in [1.807, 2.05) is 0 Å². The van der Waals surface area contributed by atoms with Gasteiger partial charge in [-0.05, 0) is 25.7 Å². The van der Waals surface area contributed by atoms with Crippen molar-refractivity contribution in [3.05, 3.63) is 0 Å². The molecule has 0 unspecified atom stereocenters. The van der Waals surface area contributed by atoms with Crippen molar-refractivity contribution in [2.24, 2.45) is 0 Å². The van der Waals surface area contributed by atoms with Crippen LogP contribution in [0.1, 0.15) is 89.9 Å². The van der Waals surface area contributed by atoms with Crippen molar-refractivity contribution < 1.29 is 8.97 Å². The zero-order chi connectivity index (χ0) is 21.1. The molecule has 0 aromatic heterocycles. The predicted molar refractivity (Wildman–Crippen MR) is 126 cm³/mol. The van der Waals surface area contributed by atoms with Crippen LogP contribution in [0.4, 0.5) is 0 Å². The van der Waals surface area contributed by atoms with E-state index in [-0.39, 0.29) is 0 Å². The molecule has 2 heteroatoms. The van der Waals surface area contributed by atoms with Crippen LogP contribution < -0.4 is 0 Å². The molecule has 0 rings (SSSR count). The van der Waals surface area contributed by atoms with Crippen molar-refractivity contribution in [1.29, 1.82) is 0 Å². The quantitative estimate of drug-likeness (QED) is 0.147. The van der Waals surface area contributed by atoms with E-state index in [0.717, 1.165) is 34.9 Å². The molecule has 0 fully saturated rings. The van der Waals surface area contributed by atoms with Crippen LogP contribution in [0.5, 0.6) is 0 Å². The van der Waals surface area contributed by atoms with Gasteiger partial charge in [0.1, 0.15) is 0 Å². The maximum absolute atomic E-state index is 5.37. The highest BCUT2D eigenvalue weighted by Gasteiger charge is 2.13. The minimum Gasteiger partial charge on any atom is -0.328 e. The van der Waals surface area contributed by atoms with Gasteiger partial charge in [-0.3, -0.25) is 0 Å². The molecule has 28 heavy (non-hydrogen) atoms. The number of quaternary nitrogens is 2. The molecule has 162 valence electrons. The summed E-state index contributed by atoms with van der Waals surface area (Å²) in [5.41, 5.74) is 0. The molecule has 0 aliphatic heterocycles. The van der Waals surface area contributed by atoms with E-state index in [0.29, 0.717) is 0 Å². The lowest BCUT2D eigenvalue weighted by molar-refractivity contribution is -0.890. The Morgan fingerprint density at radius 2 is 0.679 bits per heavy atom. The minimum absolute atomic E-state index is 0.900. The highest BCUT2D eigenvalue weighted by molar-refractivity contribution is 4.83. The number of rotatable bonds is 19. The first-order valence-electron chi connectivity index (χ1n) is 11.8. The van der Waals surface area contributed by atoms with Crippen molar-refractivity contribution in [2.45, 2.75) is 89.9 Å².